The van der Waals surface area contributed by atoms with E-state index in [1.54, 1.807) is 13.0 Å². The second-order valence-electron chi connectivity index (χ2n) is 4.03. The summed E-state index contributed by atoms with van der Waals surface area (Å²) in [5.41, 5.74) is 6.68. The first kappa shape index (κ1) is 13.5. The van der Waals surface area contributed by atoms with Gasteiger partial charge in [0.25, 0.3) is 5.91 Å². The van der Waals surface area contributed by atoms with Gasteiger partial charge in [0.1, 0.15) is 17.1 Å². The lowest BCUT2D eigenvalue weighted by Crippen LogP contribution is -2.24. The molecule has 0 aromatic carbocycles. The minimum atomic E-state index is -0.350. The number of rotatable bonds is 4. The Morgan fingerprint density at radius 3 is 2.90 bits per heavy atom. The summed E-state index contributed by atoms with van der Waals surface area (Å²) < 4.78 is 4.89. The van der Waals surface area contributed by atoms with Crippen LogP contribution < -0.4 is 11.1 Å². The first-order valence-corrected chi connectivity index (χ1v) is 5.74. The first-order chi connectivity index (χ1) is 9.60. The molecule has 0 bridgehead atoms. The van der Waals surface area contributed by atoms with E-state index in [9.17, 15) is 4.79 Å². The standard InChI is InChI=1S/C12H13N5O3/c1-7-4-9(17-20-7)6-15-12(18)10-3-2-8(5-14-10)11(13)16-19/h2-5,19H,6H2,1H3,(H2,13,16)(H,15,18). The number of nitrogens with one attached hydrogen (secondary N) is 1. The quantitative estimate of drug-likeness (QED) is 0.321. The van der Waals surface area contributed by atoms with Crippen LogP contribution in [0.2, 0.25) is 0 Å². The molecule has 0 radical (unpaired) electrons. The zero-order valence-corrected chi connectivity index (χ0v) is 10.7. The molecule has 1 amide bonds. The van der Waals surface area contributed by atoms with Gasteiger partial charge in [0.15, 0.2) is 5.84 Å². The summed E-state index contributed by atoms with van der Waals surface area (Å²) in [5.74, 6) is 0.259. The van der Waals surface area contributed by atoms with Crippen LogP contribution in [0.4, 0.5) is 0 Å². The number of aromatic nitrogens is 2. The van der Waals surface area contributed by atoms with Crippen LogP contribution in [0.1, 0.15) is 27.5 Å². The molecule has 8 nitrogen and oxygen atoms in total. The van der Waals surface area contributed by atoms with Crippen LogP contribution in [-0.4, -0.2) is 27.1 Å². The number of aryl methyl sites for hydroxylation is 1. The summed E-state index contributed by atoms with van der Waals surface area (Å²) in [4.78, 5) is 15.8. The molecule has 2 aromatic heterocycles. The van der Waals surface area contributed by atoms with Gasteiger partial charge in [-0.05, 0) is 19.1 Å². The maximum Gasteiger partial charge on any atom is 0.270 e. The van der Waals surface area contributed by atoms with E-state index < -0.39 is 0 Å². The Labute approximate surface area is 114 Å². The molecule has 0 aliphatic rings. The summed E-state index contributed by atoms with van der Waals surface area (Å²) in [6.07, 6.45) is 1.35. The molecule has 0 aliphatic heterocycles. The summed E-state index contributed by atoms with van der Waals surface area (Å²) >= 11 is 0. The van der Waals surface area contributed by atoms with E-state index in [2.05, 4.69) is 20.6 Å². The lowest BCUT2D eigenvalue weighted by atomic mass is 10.2. The van der Waals surface area contributed by atoms with Crippen LogP contribution in [-0.2, 0) is 6.54 Å². The van der Waals surface area contributed by atoms with Gasteiger partial charge in [0.2, 0.25) is 0 Å². The number of hydrogen-bond donors (Lipinski definition) is 3. The topological polar surface area (TPSA) is 127 Å². The van der Waals surface area contributed by atoms with Crippen molar-refractivity contribution in [1.29, 1.82) is 0 Å². The Bertz CT molecular complexity index is 633. The van der Waals surface area contributed by atoms with Gasteiger partial charge in [0, 0.05) is 17.8 Å². The van der Waals surface area contributed by atoms with Gasteiger partial charge < -0.3 is 20.8 Å². The summed E-state index contributed by atoms with van der Waals surface area (Å²) in [7, 11) is 0. The zero-order chi connectivity index (χ0) is 14.5. The number of carbonyl (C=O) groups is 1. The molecule has 8 heteroatoms. The molecule has 0 spiro atoms. The molecule has 0 aliphatic carbocycles. The fourth-order valence-corrected chi connectivity index (χ4v) is 1.50. The van der Waals surface area contributed by atoms with Gasteiger partial charge in [-0.3, -0.25) is 9.78 Å². The molecule has 0 saturated carbocycles. The largest absolute Gasteiger partial charge is 0.409 e. The lowest BCUT2D eigenvalue weighted by molar-refractivity contribution is 0.0945. The molecular formula is C12H13N5O3. The Morgan fingerprint density at radius 1 is 1.55 bits per heavy atom. The van der Waals surface area contributed by atoms with Crippen LogP contribution in [0.25, 0.3) is 0 Å². The lowest BCUT2D eigenvalue weighted by Gasteiger charge is -2.03. The monoisotopic (exact) mass is 275 g/mol. The van der Waals surface area contributed by atoms with Crippen LogP contribution >= 0.6 is 0 Å². The highest BCUT2D eigenvalue weighted by Crippen LogP contribution is 2.03. The van der Waals surface area contributed by atoms with E-state index in [0.29, 0.717) is 17.0 Å². The van der Waals surface area contributed by atoms with Crippen LogP contribution in [0.3, 0.4) is 0 Å². The number of oxime groups is 1. The average molecular weight is 275 g/mol. The fourth-order valence-electron chi connectivity index (χ4n) is 1.50. The molecule has 2 rings (SSSR count). The van der Waals surface area contributed by atoms with E-state index >= 15 is 0 Å². The van der Waals surface area contributed by atoms with Crippen molar-refractivity contribution < 1.29 is 14.5 Å². The second-order valence-corrected chi connectivity index (χ2v) is 4.03. The van der Waals surface area contributed by atoms with Gasteiger partial charge in [-0.1, -0.05) is 10.3 Å². The Balaban J connectivity index is 1.99. The van der Waals surface area contributed by atoms with E-state index in [4.69, 9.17) is 15.5 Å². The fraction of sp³-hybridized carbons (Fsp3) is 0.167. The molecule has 0 atom stereocenters. The van der Waals surface area contributed by atoms with E-state index in [1.165, 1.54) is 18.3 Å². The SMILES string of the molecule is Cc1cc(CNC(=O)c2ccc(C(N)=NO)cn2)no1. The average Bonchev–Trinajstić information content (AvgIpc) is 2.89. The number of nitrogens with zero attached hydrogens (tertiary/aromatic N) is 3. The number of amides is 1. The third kappa shape index (κ3) is 3.10. The molecular weight excluding hydrogens is 262 g/mol. The number of pyridine rings is 1. The van der Waals surface area contributed by atoms with Crippen LogP contribution in [0.5, 0.6) is 0 Å². The molecule has 4 N–H and O–H groups in total. The minimum Gasteiger partial charge on any atom is -0.409 e. The molecule has 2 aromatic rings. The number of hydrogen-bond acceptors (Lipinski definition) is 6. The molecule has 2 heterocycles. The molecule has 104 valence electrons. The minimum absolute atomic E-state index is 0.0671. The van der Waals surface area contributed by atoms with Crippen molar-refractivity contribution in [3.8, 4) is 0 Å². The first-order valence-electron chi connectivity index (χ1n) is 5.74. The molecule has 0 fully saturated rings. The van der Waals surface area contributed by atoms with Crippen molar-refractivity contribution in [2.45, 2.75) is 13.5 Å². The maximum absolute atomic E-state index is 11.8. The summed E-state index contributed by atoms with van der Waals surface area (Å²) in [5, 5.41) is 17.8. The van der Waals surface area contributed by atoms with Gasteiger partial charge >= 0.3 is 0 Å². The van der Waals surface area contributed by atoms with Crippen LogP contribution in [0, 0.1) is 6.92 Å². The van der Waals surface area contributed by atoms with E-state index in [1.807, 2.05) is 0 Å². The summed E-state index contributed by atoms with van der Waals surface area (Å²) in [6.45, 7) is 2.02. The molecule has 0 unspecified atom stereocenters. The van der Waals surface area contributed by atoms with Crippen LogP contribution in [0.15, 0.2) is 34.1 Å². The van der Waals surface area contributed by atoms with Crippen molar-refractivity contribution in [3.63, 3.8) is 0 Å². The van der Waals surface area contributed by atoms with Crippen molar-refractivity contribution in [2.24, 2.45) is 10.9 Å². The predicted octanol–water partition coefficient (Wildman–Crippen LogP) is 0.403. The van der Waals surface area contributed by atoms with Gasteiger partial charge in [-0.2, -0.15) is 0 Å². The van der Waals surface area contributed by atoms with Crippen molar-refractivity contribution in [1.82, 2.24) is 15.5 Å². The van der Waals surface area contributed by atoms with Gasteiger partial charge in [-0.15, -0.1) is 0 Å². The van der Waals surface area contributed by atoms with Crippen molar-refractivity contribution >= 4 is 11.7 Å². The Hall–Kier alpha value is -2.90. The number of amidine groups is 1. The van der Waals surface area contributed by atoms with E-state index in [0.717, 1.165) is 0 Å². The maximum atomic E-state index is 11.8. The van der Waals surface area contributed by atoms with Gasteiger partial charge in [-0.25, -0.2) is 0 Å². The Morgan fingerprint density at radius 2 is 2.35 bits per heavy atom. The number of nitrogens with two attached hydrogens (primary N) is 1. The number of carbonyl (C=O) groups excluding carboxylic acids is 1. The Kier molecular flexibility index (Phi) is 3.94. The summed E-state index contributed by atoms with van der Waals surface area (Å²) in [6, 6.07) is 4.75. The third-order valence-electron chi connectivity index (χ3n) is 2.51. The highest BCUT2D eigenvalue weighted by Gasteiger charge is 2.09. The second kappa shape index (κ2) is 5.83. The van der Waals surface area contributed by atoms with Gasteiger partial charge in [0.05, 0.1) is 6.54 Å². The third-order valence-corrected chi connectivity index (χ3v) is 2.51. The van der Waals surface area contributed by atoms with E-state index in [-0.39, 0.29) is 24.0 Å². The molecule has 20 heavy (non-hydrogen) atoms. The normalized spacial score (nSPS) is 11.3. The van der Waals surface area contributed by atoms with Crippen molar-refractivity contribution in [3.05, 3.63) is 47.1 Å². The zero-order valence-electron chi connectivity index (χ0n) is 10.7. The highest BCUT2D eigenvalue weighted by molar-refractivity contribution is 5.98. The van der Waals surface area contributed by atoms with Crippen molar-refractivity contribution in [2.75, 3.05) is 0 Å². The molecule has 0 saturated heterocycles. The smallest absolute Gasteiger partial charge is 0.270 e. The predicted molar refractivity (Wildman–Crippen MR) is 69.2 cm³/mol. The highest BCUT2D eigenvalue weighted by atomic mass is 16.5.